The summed E-state index contributed by atoms with van der Waals surface area (Å²) in [6.45, 7) is 21.1. The highest BCUT2D eigenvalue weighted by molar-refractivity contribution is 7.91. The minimum atomic E-state index is -2.99. The van der Waals surface area contributed by atoms with Crippen molar-refractivity contribution in [3.63, 3.8) is 0 Å². The van der Waals surface area contributed by atoms with Gasteiger partial charge in [-0.25, -0.2) is 12.9 Å². The van der Waals surface area contributed by atoms with Gasteiger partial charge in [-0.05, 0) is 115 Å². The number of nitrogens with one attached hydrogen (secondary N) is 2. The molecule has 0 radical (unpaired) electrons. The molecule has 3 aromatic carbocycles. The number of amides is 2. The fraction of sp³-hybridized carbons (Fsp3) is 0.547. The lowest BCUT2D eigenvalue weighted by Gasteiger charge is -2.20. The Hall–Kier alpha value is -4.50. The molecule has 2 heterocycles. The third-order valence-corrected chi connectivity index (χ3v) is 15.1. The predicted octanol–water partition coefficient (Wildman–Crippen LogP) is 13.3. The molecule has 0 spiro atoms. The van der Waals surface area contributed by atoms with Gasteiger partial charge in [0.1, 0.15) is 26.4 Å². The van der Waals surface area contributed by atoms with Crippen molar-refractivity contribution in [1.29, 1.82) is 0 Å². The molecule has 0 saturated heterocycles. The molecule has 5 aromatic rings. The minimum absolute atomic E-state index is 0.0370. The van der Waals surface area contributed by atoms with Crippen LogP contribution in [-0.4, -0.2) is 87.4 Å². The summed E-state index contributed by atoms with van der Waals surface area (Å²) in [4.78, 5) is 26.1. The standard InChI is InChI=1S/C20H35ClN4O2S.C19H21Cl2NO3.C14H21NO2/c1-3-4-5-6-7-8-9-10-11-12-15-28(26,27)16-13-14-18-22-23-20-19(21)17(2)24-25(18)20;1-5-15(25-16-8-10(2)6-7-11(16)3)19(24)22-14-9-13(20)12(4)17(21)18(14)23;1-5-15(6-2)14(16)10-17-13-8-7-11(3)9-12(13)4/h24H,3-16H2,1-2H3;6-9,15,23H,5H2,1-4H3,(H,22,24);7-9H,5-6,10H2,1-4H3. The number of rotatable bonds is 25. The second-order valence-corrected chi connectivity index (χ2v) is 21.3. The maximum absolute atomic E-state index is 12.6. The summed E-state index contributed by atoms with van der Waals surface area (Å²) >= 11 is 18.3. The van der Waals surface area contributed by atoms with Gasteiger partial charge in [0.15, 0.2) is 29.9 Å². The highest BCUT2D eigenvalue weighted by Gasteiger charge is 2.23. The van der Waals surface area contributed by atoms with Gasteiger partial charge in [0.25, 0.3) is 11.8 Å². The second kappa shape index (κ2) is 30.4. The number of phenols is 1. The molecule has 13 nitrogen and oxygen atoms in total. The summed E-state index contributed by atoms with van der Waals surface area (Å²) in [5.41, 5.74) is 6.41. The lowest BCUT2D eigenvalue weighted by Crippen LogP contribution is -2.34. The highest BCUT2D eigenvalue weighted by Crippen LogP contribution is 2.39. The van der Waals surface area contributed by atoms with Gasteiger partial charge in [0, 0.05) is 24.5 Å². The van der Waals surface area contributed by atoms with Crippen LogP contribution in [0, 0.1) is 41.5 Å². The molecule has 0 aliphatic heterocycles. The van der Waals surface area contributed by atoms with E-state index in [9.17, 15) is 23.1 Å². The monoisotopic (exact) mass is 1050 g/mol. The summed E-state index contributed by atoms with van der Waals surface area (Å²) in [6, 6.07) is 13.3. The summed E-state index contributed by atoms with van der Waals surface area (Å²) in [5, 5.41) is 25.1. The van der Waals surface area contributed by atoms with Crippen molar-refractivity contribution in [1.82, 2.24) is 24.7 Å². The Morgan fingerprint density at radius 2 is 1.36 bits per heavy atom. The number of ether oxygens (including phenoxy) is 2. The molecule has 0 fully saturated rings. The first-order chi connectivity index (χ1) is 33.3. The summed E-state index contributed by atoms with van der Waals surface area (Å²) in [7, 11) is -2.99. The quantitative estimate of drug-likeness (QED) is 0.0380. The Labute approximate surface area is 432 Å². The number of aryl methyl sites for hydroxylation is 6. The molecule has 2 amide bonds. The van der Waals surface area contributed by atoms with Crippen molar-refractivity contribution < 1.29 is 32.6 Å². The SMILES string of the molecule is CCC(Oc1cc(C)ccc1C)C(=O)Nc1cc(Cl)c(C)c(Cl)c1O.CCCCCCCCCCCCS(=O)(=O)CCCc1nnc2c(Cl)c(C)[nH]n12.CCN(CC)C(=O)COc1ccc(C)cc1C. The Balaban J connectivity index is 0.000000286. The number of sulfone groups is 1. The van der Waals surface area contributed by atoms with Crippen LogP contribution in [-0.2, 0) is 25.8 Å². The van der Waals surface area contributed by atoms with Gasteiger partial charge < -0.3 is 24.8 Å². The van der Waals surface area contributed by atoms with Crippen LogP contribution >= 0.6 is 34.8 Å². The molecule has 17 heteroatoms. The zero-order chi connectivity index (χ0) is 52.0. The second-order valence-electron chi connectivity index (χ2n) is 17.9. The number of benzene rings is 3. The van der Waals surface area contributed by atoms with E-state index in [0.29, 0.717) is 52.0 Å². The van der Waals surface area contributed by atoms with E-state index in [0.717, 1.165) is 66.3 Å². The first-order valence-electron chi connectivity index (χ1n) is 24.8. The molecule has 3 N–H and O–H groups in total. The number of likely N-dealkylation sites (N-methyl/N-ethyl adjacent to an activating group) is 1. The third-order valence-electron chi connectivity index (χ3n) is 12.0. The first kappa shape index (κ1) is 59.8. The van der Waals surface area contributed by atoms with E-state index >= 15 is 0 Å². The Kier molecular flexibility index (Phi) is 26.0. The Morgan fingerprint density at radius 3 is 1.97 bits per heavy atom. The number of phenolic OH excluding ortho intramolecular Hbond substituents is 1. The first-order valence-corrected chi connectivity index (χ1v) is 27.7. The van der Waals surface area contributed by atoms with Crippen LogP contribution in [0.5, 0.6) is 17.2 Å². The van der Waals surface area contributed by atoms with Crippen LogP contribution in [0.3, 0.4) is 0 Å². The van der Waals surface area contributed by atoms with E-state index in [-0.39, 0.29) is 40.6 Å². The van der Waals surface area contributed by atoms with Crippen molar-refractivity contribution in [2.45, 2.75) is 159 Å². The molecule has 2 aromatic heterocycles. The number of nitrogens with zero attached hydrogens (tertiary/aromatic N) is 4. The lowest BCUT2D eigenvalue weighted by molar-refractivity contribution is -0.133. The maximum atomic E-state index is 12.6. The number of halogens is 3. The van der Waals surface area contributed by atoms with E-state index in [1.807, 2.05) is 85.7 Å². The molecular formula is C53H77Cl3N6O7S. The number of fused-ring (bicyclic) bond motifs is 1. The van der Waals surface area contributed by atoms with Crippen molar-refractivity contribution in [3.8, 4) is 17.2 Å². The molecule has 0 aliphatic rings. The van der Waals surface area contributed by atoms with Crippen molar-refractivity contribution in [3.05, 3.63) is 96.9 Å². The number of anilines is 1. The third kappa shape index (κ3) is 19.3. The lowest BCUT2D eigenvalue weighted by atomic mass is 10.1. The summed E-state index contributed by atoms with van der Waals surface area (Å²) in [5.74, 6) is 2.11. The van der Waals surface area contributed by atoms with Crippen molar-refractivity contribution >= 4 is 67.8 Å². The molecule has 1 unspecified atom stereocenters. The fourth-order valence-electron chi connectivity index (χ4n) is 7.57. The fourth-order valence-corrected chi connectivity index (χ4v) is 9.63. The number of hydrogen-bond donors (Lipinski definition) is 3. The number of hydrogen-bond acceptors (Lipinski definition) is 9. The molecular weight excluding hydrogens is 971 g/mol. The smallest absolute Gasteiger partial charge is 0.265 e. The van der Waals surface area contributed by atoms with Gasteiger partial charge in [-0.3, -0.25) is 14.7 Å². The number of aromatic amines is 1. The number of aromatic hydroxyl groups is 1. The minimum Gasteiger partial charge on any atom is -0.504 e. The van der Waals surface area contributed by atoms with E-state index < -0.39 is 15.9 Å². The zero-order valence-electron chi connectivity index (χ0n) is 43.1. The average Bonchev–Trinajstić information content (AvgIpc) is 3.85. The number of carbonyl (C=O) groups is 2. The molecule has 0 saturated carbocycles. The van der Waals surface area contributed by atoms with E-state index in [1.54, 1.807) is 16.3 Å². The van der Waals surface area contributed by atoms with Crippen LogP contribution in [0.2, 0.25) is 15.1 Å². The summed E-state index contributed by atoms with van der Waals surface area (Å²) in [6.07, 6.45) is 13.0. The van der Waals surface area contributed by atoms with Crippen molar-refractivity contribution in [2.75, 3.05) is 36.5 Å². The van der Waals surface area contributed by atoms with Gasteiger partial charge >= 0.3 is 0 Å². The molecule has 0 bridgehead atoms. The Morgan fingerprint density at radius 1 is 0.757 bits per heavy atom. The van der Waals surface area contributed by atoms with Crippen LogP contribution in [0.15, 0.2) is 42.5 Å². The van der Waals surface area contributed by atoms with Gasteiger partial charge in [0.05, 0.1) is 27.9 Å². The summed E-state index contributed by atoms with van der Waals surface area (Å²) < 4.78 is 37.7. The van der Waals surface area contributed by atoms with Crippen LogP contribution in [0.1, 0.15) is 144 Å². The number of H-pyrrole nitrogens is 1. The Bertz CT molecular complexity index is 2540. The number of unbranched alkanes of at least 4 members (excludes halogenated alkanes) is 9. The largest absolute Gasteiger partial charge is 0.504 e. The molecule has 70 heavy (non-hydrogen) atoms. The highest BCUT2D eigenvalue weighted by atomic mass is 35.5. The van der Waals surface area contributed by atoms with E-state index in [4.69, 9.17) is 44.3 Å². The molecule has 1 atom stereocenters. The van der Waals surface area contributed by atoms with Crippen LogP contribution in [0.25, 0.3) is 5.65 Å². The zero-order valence-corrected chi connectivity index (χ0v) is 46.2. The normalized spacial score (nSPS) is 11.6. The topological polar surface area (TPSA) is 168 Å². The number of aromatic nitrogens is 4. The van der Waals surface area contributed by atoms with E-state index in [2.05, 4.69) is 33.6 Å². The van der Waals surface area contributed by atoms with Crippen LogP contribution in [0.4, 0.5) is 5.69 Å². The van der Waals surface area contributed by atoms with Gasteiger partial charge in [-0.2, -0.15) is 0 Å². The predicted molar refractivity (Wildman–Crippen MR) is 287 cm³/mol. The average molecular weight is 1050 g/mol. The van der Waals surface area contributed by atoms with Gasteiger partial charge in [-0.1, -0.05) is 136 Å². The molecule has 0 aliphatic carbocycles. The van der Waals surface area contributed by atoms with Gasteiger partial charge in [-0.15, -0.1) is 10.2 Å². The number of carbonyl (C=O) groups excluding carboxylic acids is 2. The maximum Gasteiger partial charge on any atom is 0.265 e. The van der Waals surface area contributed by atoms with Gasteiger partial charge in [0.2, 0.25) is 0 Å². The van der Waals surface area contributed by atoms with Crippen molar-refractivity contribution in [2.24, 2.45) is 0 Å². The molecule has 5 rings (SSSR count). The van der Waals surface area contributed by atoms with E-state index in [1.165, 1.54) is 56.6 Å². The van der Waals surface area contributed by atoms with Crippen LogP contribution < -0.4 is 14.8 Å². The molecule has 388 valence electrons.